The first-order chi connectivity index (χ1) is 26.6. The molecule has 12 nitrogen and oxygen atoms in total. The Morgan fingerprint density at radius 3 is 2.36 bits per heavy atom. The van der Waals surface area contributed by atoms with E-state index in [1.165, 1.54) is 4.90 Å². The lowest BCUT2D eigenvalue weighted by Gasteiger charge is -2.32. The highest BCUT2D eigenvalue weighted by Gasteiger charge is 2.34. The van der Waals surface area contributed by atoms with Gasteiger partial charge in [0.05, 0.1) is 23.3 Å². The number of para-hydroxylation sites is 1. The molecule has 3 rings (SSSR count). The van der Waals surface area contributed by atoms with Gasteiger partial charge < -0.3 is 42.2 Å². The molecule has 0 aliphatic carbocycles. The van der Waals surface area contributed by atoms with Crippen molar-refractivity contribution in [1.29, 1.82) is 0 Å². The summed E-state index contributed by atoms with van der Waals surface area (Å²) in [5.74, 6) is -1.07. The zero-order valence-corrected chi connectivity index (χ0v) is 34.3. The molecule has 0 fully saturated rings. The molecule has 8 N–H and O–H groups in total. The zero-order valence-electron chi connectivity index (χ0n) is 32.7. The van der Waals surface area contributed by atoms with Gasteiger partial charge in [0.2, 0.25) is 17.7 Å². The fourth-order valence-electron chi connectivity index (χ4n) is 6.14. The van der Waals surface area contributed by atoms with E-state index in [0.717, 1.165) is 33.3 Å². The highest BCUT2D eigenvalue weighted by atomic mass is 35.5. The summed E-state index contributed by atoms with van der Waals surface area (Å²) < 4.78 is 0. The summed E-state index contributed by atoms with van der Waals surface area (Å²) >= 11 is 11.3. The molecule has 300 valence electrons. The summed E-state index contributed by atoms with van der Waals surface area (Å²) in [6.07, 6.45) is 11.1. The minimum Gasteiger partial charge on any atom is -0.361 e. The standard InChI is InChI=1S/C41H60ClN9O3S/c1-5-7-23-50(3)37(32(42)27-45-6-2)28-48-40(53)36(24-30-26-46-33-17-10-9-16-31(30)33)51(4)41(54)35(18-12-13-21-43)49-39(52)34(19-14-22-44)47-25-29-15-8-11-20-38(29)55/h7-11,15-17,20,23,26-27,34-36,46-47,55H,5-6,12-14,18-19,21-22,24-25,28,43-44H2,1-4H3,(H,48,53)(H,49,52)/b23-7-,37-32+,45-27?/t34-,35-,36-/m0/s1. The molecule has 0 bridgehead atoms. The Balaban J connectivity index is 1.94. The number of benzene rings is 2. The Kier molecular flexibility index (Phi) is 20.1. The summed E-state index contributed by atoms with van der Waals surface area (Å²) in [5.41, 5.74) is 15.1. The van der Waals surface area contributed by atoms with Crippen LogP contribution in [-0.4, -0.2) is 97.1 Å². The second-order valence-corrected chi connectivity index (χ2v) is 14.3. The van der Waals surface area contributed by atoms with Gasteiger partial charge in [-0.3, -0.25) is 19.4 Å². The number of fused-ring (bicyclic) bond motifs is 1. The van der Waals surface area contributed by atoms with Crippen LogP contribution < -0.4 is 27.4 Å². The number of aliphatic imine (C=N–C) groups is 1. The highest BCUT2D eigenvalue weighted by Crippen LogP contribution is 2.22. The molecule has 0 saturated heterocycles. The largest absolute Gasteiger partial charge is 0.361 e. The van der Waals surface area contributed by atoms with Crippen molar-refractivity contribution >= 4 is 59.1 Å². The molecule has 3 atom stereocenters. The van der Waals surface area contributed by atoms with E-state index < -0.39 is 18.1 Å². The first-order valence-electron chi connectivity index (χ1n) is 19.1. The SMILES string of the molecule is CC/C=C\N(C)/C(CNC(=O)[C@H](Cc1c[nH]c2ccccc12)N(C)C(=O)[C@H](CCCCN)NC(=O)[C@H](CCCN)NCc1ccccc1S)=C(/Cl)C=NCC. The van der Waals surface area contributed by atoms with Gasteiger partial charge in [0, 0.05) is 61.8 Å². The van der Waals surface area contributed by atoms with E-state index in [0.29, 0.717) is 69.0 Å². The average molecular weight is 795 g/mol. The van der Waals surface area contributed by atoms with E-state index in [1.54, 1.807) is 13.3 Å². The molecule has 2 aromatic carbocycles. The molecular formula is C41H60ClN9O3S. The van der Waals surface area contributed by atoms with Gasteiger partial charge in [0.15, 0.2) is 0 Å². The number of nitrogens with one attached hydrogen (secondary N) is 4. The van der Waals surface area contributed by atoms with Crippen LogP contribution in [0.5, 0.6) is 0 Å². The number of H-pyrrole nitrogens is 1. The third-order valence-corrected chi connectivity index (χ3v) is 10.1. The maximum Gasteiger partial charge on any atom is 0.245 e. The van der Waals surface area contributed by atoms with Crippen molar-refractivity contribution in [3.63, 3.8) is 0 Å². The normalized spacial score (nSPS) is 13.8. The second kappa shape index (κ2) is 24.4. The van der Waals surface area contributed by atoms with Crippen molar-refractivity contribution in [3.05, 3.63) is 88.9 Å². The number of likely N-dealkylation sites (N-methyl/N-ethyl adjacent to an activating group) is 2. The average Bonchev–Trinajstić information content (AvgIpc) is 3.60. The van der Waals surface area contributed by atoms with Crippen molar-refractivity contribution in [1.82, 2.24) is 30.7 Å². The summed E-state index contributed by atoms with van der Waals surface area (Å²) in [6.45, 7) is 5.86. The van der Waals surface area contributed by atoms with Crippen molar-refractivity contribution < 1.29 is 14.4 Å². The smallest absolute Gasteiger partial charge is 0.245 e. The summed E-state index contributed by atoms with van der Waals surface area (Å²) in [5, 5.41) is 10.8. The Labute approximate surface area is 337 Å². The maximum absolute atomic E-state index is 14.5. The third-order valence-electron chi connectivity index (χ3n) is 9.39. The number of nitrogens with two attached hydrogens (primary N) is 2. The van der Waals surface area contributed by atoms with Crippen LogP contribution in [0.25, 0.3) is 10.9 Å². The molecule has 1 aromatic heterocycles. The first-order valence-corrected chi connectivity index (χ1v) is 20.0. The minimum atomic E-state index is -0.931. The Bertz CT molecular complexity index is 1760. The van der Waals surface area contributed by atoms with Crippen molar-refractivity contribution in [2.75, 3.05) is 40.3 Å². The number of rotatable bonds is 24. The van der Waals surface area contributed by atoms with Crippen LogP contribution in [0.4, 0.5) is 0 Å². The van der Waals surface area contributed by atoms with Gasteiger partial charge >= 0.3 is 0 Å². The summed E-state index contributed by atoms with van der Waals surface area (Å²) in [7, 11) is 3.47. The number of aromatic nitrogens is 1. The van der Waals surface area contributed by atoms with Gasteiger partial charge in [-0.2, -0.15) is 0 Å². The van der Waals surface area contributed by atoms with Crippen LogP contribution in [0.1, 0.15) is 63.5 Å². The lowest BCUT2D eigenvalue weighted by Crippen LogP contribution is -2.57. The second-order valence-electron chi connectivity index (χ2n) is 13.4. The molecule has 3 aromatic rings. The lowest BCUT2D eigenvalue weighted by molar-refractivity contribution is -0.142. The molecule has 1 heterocycles. The number of allylic oxidation sites excluding steroid dienone is 2. The van der Waals surface area contributed by atoms with E-state index in [4.69, 9.17) is 23.1 Å². The van der Waals surface area contributed by atoms with Gasteiger partial charge in [-0.05, 0) is 88.0 Å². The Hall–Kier alpha value is -4.14. The number of carbonyl (C=O) groups excluding carboxylic acids is 3. The van der Waals surface area contributed by atoms with Crippen molar-refractivity contribution in [2.45, 2.75) is 88.4 Å². The molecule has 0 aliphatic heterocycles. The van der Waals surface area contributed by atoms with E-state index in [2.05, 4.69) is 38.6 Å². The molecule has 0 aliphatic rings. The van der Waals surface area contributed by atoms with Crippen LogP contribution in [0.15, 0.2) is 87.6 Å². The molecule has 0 unspecified atom stereocenters. The molecule has 0 saturated carbocycles. The Morgan fingerprint density at radius 1 is 0.945 bits per heavy atom. The number of unbranched alkanes of at least 4 members (excludes halogenated alkanes) is 1. The van der Waals surface area contributed by atoms with Gasteiger partial charge in [-0.1, -0.05) is 61.0 Å². The van der Waals surface area contributed by atoms with E-state index >= 15 is 0 Å². The molecule has 14 heteroatoms. The number of halogens is 1. The van der Waals surface area contributed by atoms with Crippen LogP contribution in [0.2, 0.25) is 0 Å². The molecule has 0 radical (unpaired) electrons. The fourth-order valence-corrected chi connectivity index (χ4v) is 6.65. The van der Waals surface area contributed by atoms with E-state index in [9.17, 15) is 14.4 Å². The van der Waals surface area contributed by atoms with Crippen molar-refractivity contribution in [3.8, 4) is 0 Å². The number of amides is 3. The van der Waals surface area contributed by atoms with E-state index in [1.807, 2.05) is 92.8 Å². The third kappa shape index (κ3) is 14.1. The first kappa shape index (κ1) is 45.3. The van der Waals surface area contributed by atoms with Crippen LogP contribution in [-0.2, 0) is 27.3 Å². The van der Waals surface area contributed by atoms with Gasteiger partial charge in [0.1, 0.15) is 12.1 Å². The zero-order chi connectivity index (χ0) is 40.2. The van der Waals surface area contributed by atoms with Crippen molar-refractivity contribution in [2.24, 2.45) is 16.5 Å². The maximum atomic E-state index is 14.5. The van der Waals surface area contributed by atoms with Gasteiger partial charge in [0.25, 0.3) is 0 Å². The van der Waals surface area contributed by atoms with Gasteiger partial charge in [-0.15, -0.1) is 12.6 Å². The topological polar surface area (TPSA) is 174 Å². The van der Waals surface area contributed by atoms with Gasteiger partial charge in [-0.25, -0.2) is 0 Å². The number of hydrogen-bond donors (Lipinski definition) is 7. The quantitative estimate of drug-likeness (QED) is 0.0386. The fraction of sp³-hybridized carbons (Fsp3) is 0.463. The molecule has 0 spiro atoms. The highest BCUT2D eigenvalue weighted by molar-refractivity contribution is 7.80. The van der Waals surface area contributed by atoms with Crippen LogP contribution in [0, 0.1) is 0 Å². The number of carbonyl (C=O) groups is 3. The molecule has 3 amide bonds. The Morgan fingerprint density at radius 2 is 1.65 bits per heavy atom. The summed E-state index contributed by atoms with van der Waals surface area (Å²) in [6, 6.07) is 13.1. The number of nitrogens with zero attached hydrogens (tertiary/aromatic N) is 3. The van der Waals surface area contributed by atoms with Crippen LogP contribution in [0.3, 0.4) is 0 Å². The monoisotopic (exact) mass is 793 g/mol. The number of aromatic amines is 1. The number of hydrogen-bond acceptors (Lipinski definition) is 9. The van der Waals surface area contributed by atoms with Crippen LogP contribution >= 0.6 is 24.2 Å². The molecule has 55 heavy (non-hydrogen) atoms. The minimum absolute atomic E-state index is 0.0882. The molecular weight excluding hydrogens is 734 g/mol. The summed E-state index contributed by atoms with van der Waals surface area (Å²) in [4.78, 5) is 54.5. The predicted molar refractivity (Wildman–Crippen MR) is 228 cm³/mol. The number of thiol groups is 1. The lowest BCUT2D eigenvalue weighted by atomic mass is 10.0. The van der Waals surface area contributed by atoms with E-state index in [-0.39, 0.29) is 30.7 Å². The predicted octanol–water partition coefficient (Wildman–Crippen LogP) is 4.85.